The van der Waals surface area contributed by atoms with Gasteiger partial charge in [-0.1, -0.05) is 13.8 Å². The van der Waals surface area contributed by atoms with Crippen LogP contribution in [-0.2, 0) is 14.3 Å². The fourth-order valence-electron chi connectivity index (χ4n) is 1.30. The lowest BCUT2D eigenvalue weighted by molar-refractivity contribution is -0.166. The third kappa shape index (κ3) is 2.72. The molecule has 1 N–H and O–H groups in total. The molecule has 0 heterocycles. The van der Waals surface area contributed by atoms with Crippen LogP contribution in [-0.4, -0.2) is 24.2 Å². The molecule has 0 radical (unpaired) electrons. The Morgan fingerprint density at radius 2 is 1.92 bits per heavy atom. The first kappa shape index (κ1) is 11.9. The number of aliphatic carboxylic acids is 1. The van der Waals surface area contributed by atoms with E-state index in [1.807, 2.05) is 13.8 Å². The van der Waals surface area contributed by atoms with Crippen molar-refractivity contribution in [2.45, 2.75) is 27.2 Å². The number of ether oxygens (including phenoxy) is 1. The van der Waals surface area contributed by atoms with Crippen molar-refractivity contribution in [3.05, 3.63) is 0 Å². The first-order chi connectivity index (χ1) is 5.84. The van der Waals surface area contributed by atoms with Crippen LogP contribution in [0.5, 0.6) is 0 Å². The van der Waals surface area contributed by atoms with Crippen LogP contribution in [0.2, 0.25) is 0 Å². The summed E-state index contributed by atoms with van der Waals surface area (Å²) in [5.41, 5.74) is -1.41. The zero-order valence-corrected chi connectivity index (χ0v) is 8.46. The molecule has 1 unspecified atom stereocenters. The van der Waals surface area contributed by atoms with E-state index in [-0.39, 0.29) is 12.3 Å². The molecule has 0 rings (SSSR count). The van der Waals surface area contributed by atoms with Gasteiger partial charge in [-0.2, -0.15) is 0 Å². The second-order valence-electron chi connectivity index (χ2n) is 3.73. The molecule has 0 aliphatic rings. The zero-order valence-electron chi connectivity index (χ0n) is 8.46. The van der Waals surface area contributed by atoms with Gasteiger partial charge in [0.2, 0.25) is 0 Å². The fourth-order valence-corrected chi connectivity index (χ4v) is 1.30. The van der Waals surface area contributed by atoms with Gasteiger partial charge in [0.25, 0.3) is 0 Å². The first-order valence-corrected chi connectivity index (χ1v) is 4.16. The predicted molar refractivity (Wildman–Crippen MR) is 47.2 cm³/mol. The molecule has 13 heavy (non-hydrogen) atoms. The molecular formula is C9H16O4. The summed E-state index contributed by atoms with van der Waals surface area (Å²) in [6.45, 7) is 5.12. The van der Waals surface area contributed by atoms with Crippen molar-refractivity contribution in [1.29, 1.82) is 0 Å². The lowest BCUT2D eigenvalue weighted by atomic mass is 9.82. The molecule has 0 fully saturated rings. The van der Waals surface area contributed by atoms with Gasteiger partial charge in [0.05, 0.1) is 7.11 Å². The molecule has 1 atom stereocenters. The van der Waals surface area contributed by atoms with E-state index >= 15 is 0 Å². The Kier molecular flexibility index (Phi) is 3.91. The molecule has 0 spiro atoms. The quantitative estimate of drug-likeness (QED) is 0.533. The number of methoxy groups -OCH3 is 1. The minimum Gasteiger partial charge on any atom is -0.480 e. The highest BCUT2D eigenvalue weighted by atomic mass is 16.5. The summed E-state index contributed by atoms with van der Waals surface area (Å²) in [6, 6.07) is 0. The number of hydrogen-bond donors (Lipinski definition) is 1. The molecule has 0 saturated heterocycles. The molecule has 0 amide bonds. The third-order valence-electron chi connectivity index (χ3n) is 1.92. The first-order valence-electron chi connectivity index (χ1n) is 4.16. The molecule has 4 nitrogen and oxygen atoms in total. The lowest BCUT2D eigenvalue weighted by Crippen LogP contribution is -2.38. The summed E-state index contributed by atoms with van der Waals surface area (Å²) in [5, 5.41) is 8.88. The van der Waals surface area contributed by atoms with Gasteiger partial charge < -0.3 is 9.84 Å². The lowest BCUT2D eigenvalue weighted by Gasteiger charge is -2.23. The molecule has 0 aliphatic heterocycles. The normalized spacial score (nSPS) is 15.2. The van der Waals surface area contributed by atoms with Crippen molar-refractivity contribution in [2.75, 3.05) is 7.11 Å². The van der Waals surface area contributed by atoms with Gasteiger partial charge in [-0.25, -0.2) is 0 Å². The smallest absolute Gasteiger partial charge is 0.322 e. The maximum Gasteiger partial charge on any atom is 0.322 e. The van der Waals surface area contributed by atoms with Crippen LogP contribution in [0.3, 0.4) is 0 Å². The van der Waals surface area contributed by atoms with Gasteiger partial charge in [0, 0.05) is 0 Å². The van der Waals surface area contributed by atoms with Gasteiger partial charge in [-0.3, -0.25) is 9.59 Å². The van der Waals surface area contributed by atoms with Crippen molar-refractivity contribution in [2.24, 2.45) is 11.3 Å². The summed E-state index contributed by atoms with van der Waals surface area (Å²) >= 11 is 0. The average Bonchev–Trinajstić information content (AvgIpc) is 2.01. The van der Waals surface area contributed by atoms with Gasteiger partial charge in [0.15, 0.2) is 5.41 Å². The summed E-state index contributed by atoms with van der Waals surface area (Å²) in [6.07, 6.45) is 0.287. The minimum atomic E-state index is -1.41. The van der Waals surface area contributed by atoms with Crippen LogP contribution in [0.15, 0.2) is 0 Å². The van der Waals surface area contributed by atoms with Crippen molar-refractivity contribution in [3.8, 4) is 0 Å². The second-order valence-corrected chi connectivity index (χ2v) is 3.73. The number of carbonyl (C=O) groups is 2. The Bertz CT molecular complexity index is 210. The summed E-state index contributed by atoms with van der Waals surface area (Å²) in [7, 11) is 1.20. The van der Waals surface area contributed by atoms with Gasteiger partial charge in [0.1, 0.15) is 0 Å². The molecule has 76 valence electrons. The molecule has 0 aromatic carbocycles. The molecule has 0 saturated carbocycles. The third-order valence-corrected chi connectivity index (χ3v) is 1.92. The minimum absolute atomic E-state index is 0.139. The van der Waals surface area contributed by atoms with Crippen LogP contribution < -0.4 is 0 Å². The molecule has 4 heteroatoms. The van der Waals surface area contributed by atoms with E-state index < -0.39 is 17.4 Å². The van der Waals surface area contributed by atoms with E-state index in [1.165, 1.54) is 14.0 Å². The summed E-state index contributed by atoms with van der Waals surface area (Å²) < 4.78 is 4.46. The molecule has 0 aromatic rings. The standard InChI is InChI=1S/C9H16O4/c1-6(2)5-9(3,7(10)11)8(12)13-4/h6H,5H2,1-4H3,(H,10,11). The largest absolute Gasteiger partial charge is 0.480 e. The summed E-state index contributed by atoms with van der Waals surface area (Å²) in [5.74, 6) is -1.68. The molecule has 0 bridgehead atoms. The van der Waals surface area contributed by atoms with Crippen molar-refractivity contribution >= 4 is 11.9 Å². The molecule has 0 aromatic heterocycles. The Morgan fingerprint density at radius 3 is 2.15 bits per heavy atom. The monoisotopic (exact) mass is 188 g/mol. The number of carboxylic acid groups (broad SMARTS) is 1. The van der Waals surface area contributed by atoms with E-state index in [9.17, 15) is 9.59 Å². The Morgan fingerprint density at radius 1 is 1.46 bits per heavy atom. The summed E-state index contributed by atoms with van der Waals surface area (Å²) in [4.78, 5) is 22.1. The van der Waals surface area contributed by atoms with Crippen molar-refractivity contribution in [3.63, 3.8) is 0 Å². The Hall–Kier alpha value is -1.06. The number of esters is 1. The highest BCUT2D eigenvalue weighted by Gasteiger charge is 2.42. The second kappa shape index (κ2) is 4.25. The van der Waals surface area contributed by atoms with Gasteiger partial charge in [-0.05, 0) is 19.3 Å². The fraction of sp³-hybridized carbons (Fsp3) is 0.778. The maximum absolute atomic E-state index is 11.2. The van der Waals surface area contributed by atoms with Crippen molar-refractivity contribution < 1.29 is 19.4 Å². The maximum atomic E-state index is 11.2. The highest BCUT2D eigenvalue weighted by Crippen LogP contribution is 2.27. The number of carboxylic acids is 1. The average molecular weight is 188 g/mol. The zero-order chi connectivity index (χ0) is 10.6. The van der Waals surface area contributed by atoms with Gasteiger partial charge in [-0.15, -0.1) is 0 Å². The number of rotatable bonds is 4. The van der Waals surface area contributed by atoms with E-state index in [4.69, 9.17) is 5.11 Å². The van der Waals surface area contributed by atoms with Gasteiger partial charge >= 0.3 is 11.9 Å². The van der Waals surface area contributed by atoms with Crippen LogP contribution in [0.25, 0.3) is 0 Å². The predicted octanol–water partition coefficient (Wildman–Crippen LogP) is 1.30. The van der Waals surface area contributed by atoms with E-state index in [0.29, 0.717) is 0 Å². The number of carbonyl (C=O) groups excluding carboxylic acids is 1. The number of hydrogen-bond acceptors (Lipinski definition) is 3. The Balaban J connectivity index is 4.73. The topological polar surface area (TPSA) is 63.6 Å². The highest BCUT2D eigenvalue weighted by molar-refractivity contribution is 5.98. The van der Waals surface area contributed by atoms with E-state index in [2.05, 4.69) is 4.74 Å². The van der Waals surface area contributed by atoms with E-state index in [0.717, 1.165) is 0 Å². The van der Waals surface area contributed by atoms with E-state index in [1.54, 1.807) is 0 Å². The van der Waals surface area contributed by atoms with Crippen molar-refractivity contribution in [1.82, 2.24) is 0 Å². The Labute approximate surface area is 77.9 Å². The van der Waals surface area contributed by atoms with Crippen LogP contribution in [0.1, 0.15) is 27.2 Å². The molecule has 0 aliphatic carbocycles. The SMILES string of the molecule is COC(=O)C(C)(CC(C)C)C(=O)O. The van der Waals surface area contributed by atoms with Crippen LogP contribution in [0.4, 0.5) is 0 Å². The van der Waals surface area contributed by atoms with Crippen LogP contribution >= 0.6 is 0 Å². The molecular weight excluding hydrogens is 172 g/mol. The van der Waals surface area contributed by atoms with Crippen LogP contribution in [0, 0.1) is 11.3 Å².